The fourth-order valence-corrected chi connectivity index (χ4v) is 4.51. The lowest BCUT2D eigenvalue weighted by atomic mass is 10.0. The average Bonchev–Trinajstić information content (AvgIpc) is 3.29. The number of carbonyl (C=O) groups is 1. The Balaban J connectivity index is 1.38. The lowest BCUT2D eigenvalue weighted by molar-refractivity contribution is 0.0412. The molecule has 0 spiro atoms. The Labute approximate surface area is 177 Å². The molecule has 1 atom stereocenters. The van der Waals surface area contributed by atoms with E-state index in [2.05, 4.69) is 14.9 Å². The van der Waals surface area contributed by atoms with Crippen molar-refractivity contribution in [3.8, 4) is 5.69 Å². The van der Waals surface area contributed by atoms with Crippen LogP contribution in [0.1, 0.15) is 25.3 Å². The third-order valence-electron chi connectivity index (χ3n) is 6.02. The lowest BCUT2D eigenvalue weighted by Crippen LogP contribution is -2.55. The molecule has 2 aliphatic rings. The van der Waals surface area contributed by atoms with Gasteiger partial charge in [0.2, 0.25) is 0 Å². The van der Waals surface area contributed by atoms with Gasteiger partial charge in [0.1, 0.15) is 5.82 Å². The van der Waals surface area contributed by atoms with Gasteiger partial charge in [-0.25, -0.2) is 13.9 Å². The number of benzene rings is 1. The molecule has 0 bridgehead atoms. The summed E-state index contributed by atoms with van der Waals surface area (Å²) in [6, 6.07) is 7.25. The zero-order valence-corrected chi connectivity index (χ0v) is 17.5. The molecule has 2 saturated heterocycles. The Bertz CT molecular complexity index is 836. The predicted octanol–water partition coefficient (Wildman–Crippen LogP) is 2.75. The van der Waals surface area contributed by atoms with Gasteiger partial charge in [-0.15, -0.1) is 0 Å². The predicted molar refractivity (Wildman–Crippen MR) is 112 cm³/mol. The van der Waals surface area contributed by atoms with E-state index in [9.17, 15) is 9.18 Å². The van der Waals surface area contributed by atoms with Crippen molar-refractivity contribution >= 4 is 6.09 Å². The average molecular weight is 416 g/mol. The molecular weight excluding hydrogens is 385 g/mol. The highest BCUT2D eigenvalue weighted by atomic mass is 19.1. The van der Waals surface area contributed by atoms with Gasteiger partial charge in [0.05, 0.1) is 12.3 Å². The number of halogens is 1. The van der Waals surface area contributed by atoms with Crippen molar-refractivity contribution in [2.75, 3.05) is 45.9 Å². The van der Waals surface area contributed by atoms with Crippen molar-refractivity contribution in [3.05, 3.63) is 48.0 Å². The number of likely N-dealkylation sites (tertiary alicyclic amines) is 1. The van der Waals surface area contributed by atoms with Crippen LogP contribution in [-0.4, -0.2) is 82.5 Å². The SMILES string of the molecule is CCOC(=O)N1CCN(C2CCCN(Cc3cc(F)ccc3-n3cccn3)C2)CC1. The third-order valence-corrected chi connectivity index (χ3v) is 6.02. The second-order valence-corrected chi connectivity index (χ2v) is 7.98. The molecule has 3 heterocycles. The number of piperidine rings is 1. The normalized spacial score (nSPS) is 21.0. The molecule has 1 aromatic heterocycles. The zero-order valence-electron chi connectivity index (χ0n) is 17.5. The Morgan fingerprint density at radius 3 is 2.80 bits per heavy atom. The minimum Gasteiger partial charge on any atom is -0.450 e. The second-order valence-electron chi connectivity index (χ2n) is 7.98. The molecule has 1 amide bonds. The molecule has 4 rings (SSSR count). The van der Waals surface area contributed by atoms with E-state index in [1.54, 1.807) is 27.9 Å². The van der Waals surface area contributed by atoms with Crippen LogP contribution >= 0.6 is 0 Å². The molecule has 2 fully saturated rings. The number of amides is 1. The van der Waals surface area contributed by atoms with Crippen LogP contribution in [0.25, 0.3) is 5.69 Å². The van der Waals surface area contributed by atoms with E-state index in [1.807, 2.05) is 19.2 Å². The van der Waals surface area contributed by atoms with Crippen LogP contribution in [0.3, 0.4) is 0 Å². The number of hydrogen-bond donors (Lipinski definition) is 0. The van der Waals surface area contributed by atoms with E-state index in [4.69, 9.17) is 4.74 Å². The molecule has 2 aliphatic heterocycles. The molecule has 0 saturated carbocycles. The van der Waals surface area contributed by atoms with Gasteiger partial charge in [-0.2, -0.15) is 5.10 Å². The van der Waals surface area contributed by atoms with Gasteiger partial charge in [-0.3, -0.25) is 9.80 Å². The third kappa shape index (κ3) is 4.82. The maximum Gasteiger partial charge on any atom is 0.409 e. The zero-order chi connectivity index (χ0) is 20.9. The molecule has 0 N–H and O–H groups in total. The summed E-state index contributed by atoms with van der Waals surface area (Å²) < 4.78 is 20.9. The van der Waals surface area contributed by atoms with Crippen LogP contribution in [0.5, 0.6) is 0 Å². The Hall–Kier alpha value is -2.45. The second kappa shape index (κ2) is 9.57. The molecule has 0 aliphatic carbocycles. The van der Waals surface area contributed by atoms with E-state index in [1.165, 1.54) is 6.07 Å². The first-order valence-electron chi connectivity index (χ1n) is 10.8. The summed E-state index contributed by atoms with van der Waals surface area (Å²) in [5.41, 5.74) is 1.87. The van der Waals surface area contributed by atoms with Gasteiger partial charge in [-0.05, 0) is 56.1 Å². The number of carbonyl (C=O) groups excluding carboxylic acids is 1. The number of hydrogen-bond acceptors (Lipinski definition) is 5. The summed E-state index contributed by atoms with van der Waals surface area (Å²) in [5, 5.41) is 4.32. The van der Waals surface area contributed by atoms with E-state index in [-0.39, 0.29) is 11.9 Å². The quantitative estimate of drug-likeness (QED) is 0.752. The monoisotopic (exact) mass is 415 g/mol. The van der Waals surface area contributed by atoms with E-state index < -0.39 is 0 Å². The van der Waals surface area contributed by atoms with Crippen molar-refractivity contribution in [1.29, 1.82) is 0 Å². The van der Waals surface area contributed by atoms with Gasteiger partial charge in [-0.1, -0.05) is 0 Å². The number of ether oxygens (including phenoxy) is 1. The minimum atomic E-state index is -0.218. The number of rotatable bonds is 5. The first-order chi connectivity index (χ1) is 14.6. The molecule has 7 nitrogen and oxygen atoms in total. The van der Waals surface area contributed by atoms with Gasteiger partial charge >= 0.3 is 6.09 Å². The van der Waals surface area contributed by atoms with Crippen molar-refractivity contribution in [2.45, 2.75) is 32.4 Å². The lowest BCUT2D eigenvalue weighted by Gasteiger charge is -2.43. The maximum absolute atomic E-state index is 14.0. The molecule has 2 aromatic rings. The smallest absolute Gasteiger partial charge is 0.409 e. The van der Waals surface area contributed by atoms with Crippen molar-refractivity contribution in [1.82, 2.24) is 24.5 Å². The first kappa shape index (κ1) is 20.8. The molecule has 0 radical (unpaired) electrons. The summed E-state index contributed by atoms with van der Waals surface area (Å²) in [7, 11) is 0. The largest absolute Gasteiger partial charge is 0.450 e. The fourth-order valence-electron chi connectivity index (χ4n) is 4.51. The van der Waals surface area contributed by atoms with Crippen LogP contribution in [-0.2, 0) is 11.3 Å². The summed E-state index contributed by atoms with van der Waals surface area (Å²) >= 11 is 0. The van der Waals surface area contributed by atoms with E-state index >= 15 is 0 Å². The van der Waals surface area contributed by atoms with Gasteiger partial charge in [0.25, 0.3) is 0 Å². The van der Waals surface area contributed by atoms with Crippen LogP contribution < -0.4 is 0 Å². The summed E-state index contributed by atoms with van der Waals surface area (Å²) in [6.45, 7) is 8.07. The van der Waals surface area contributed by atoms with Crippen molar-refractivity contribution < 1.29 is 13.9 Å². The molecule has 30 heavy (non-hydrogen) atoms. The maximum atomic E-state index is 14.0. The Kier molecular flexibility index (Phi) is 6.64. The number of nitrogens with zero attached hydrogens (tertiary/aromatic N) is 5. The van der Waals surface area contributed by atoms with Crippen LogP contribution in [0, 0.1) is 5.82 Å². The standard InChI is InChI=1S/C22H30FN5O2/c1-2-30-22(29)27-13-11-26(12-14-27)20-5-3-9-25(17-20)16-18-15-19(23)6-7-21(18)28-10-4-8-24-28/h4,6-8,10,15,20H,2-3,5,9,11-14,16-17H2,1H3. The Morgan fingerprint density at radius 2 is 2.07 bits per heavy atom. The van der Waals surface area contributed by atoms with Crippen LogP contribution in [0.4, 0.5) is 9.18 Å². The molecule has 1 aromatic carbocycles. The topological polar surface area (TPSA) is 53.8 Å². The van der Waals surface area contributed by atoms with Gasteiger partial charge < -0.3 is 9.64 Å². The van der Waals surface area contributed by atoms with Gasteiger partial charge in [0, 0.05) is 57.7 Å². The number of piperazine rings is 1. The summed E-state index contributed by atoms with van der Waals surface area (Å²) in [4.78, 5) is 18.6. The summed E-state index contributed by atoms with van der Waals surface area (Å²) in [6.07, 6.45) is 5.69. The highest BCUT2D eigenvalue weighted by Crippen LogP contribution is 2.23. The molecule has 1 unspecified atom stereocenters. The molecule has 8 heteroatoms. The minimum absolute atomic E-state index is 0.209. The molecule has 162 valence electrons. The van der Waals surface area contributed by atoms with Crippen molar-refractivity contribution in [2.24, 2.45) is 0 Å². The number of aromatic nitrogens is 2. The van der Waals surface area contributed by atoms with Crippen molar-refractivity contribution in [3.63, 3.8) is 0 Å². The van der Waals surface area contributed by atoms with E-state index in [0.29, 0.717) is 32.3 Å². The van der Waals surface area contributed by atoms with Crippen LogP contribution in [0.2, 0.25) is 0 Å². The molecular formula is C22H30FN5O2. The Morgan fingerprint density at radius 1 is 1.23 bits per heavy atom. The first-order valence-corrected chi connectivity index (χ1v) is 10.8. The van der Waals surface area contributed by atoms with E-state index in [0.717, 1.165) is 50.3 Å². The highest BCUT2D eigenvalue weighted by Gasteiger charge is 2.30. The van der Waals surface area contributed by atoms with Crippen LogP contribution in [0.15, 0.2) is 36.7 Å². The fraction of sp³-hybridized carbons (Fsp3) is 0.545. The highest BCUT2D eigenvalue weighted by molar-refractivity contribution is 5.67. The summed E-state index contributed by atoms with van der Waals surface area (Å²) in [5.74, 6) is -0.218. The van der Waals surface area contributed by atoms with Gasteiger partial charge in [0.15, 0.2) is 0 Å².